The first-order valence-corrected chi connectivity index (χ1v) is 10.8. The number of carbonyl (C=O) groups excluding carboxylic acids is 1. The first kappa shape index (κ1) is 20.0. The van der Waals surface area contributed by atoms with E-state index < -0.39 is 0 Å². The monoisotopic (exact) mass is 464 g/mol. The maximum absolute atomic E-state index is 13.3. The Balaban J connectivity index is 1.55. The number of carbonyl (C=O) groups is 1. The molecule has 4 aromatic rings. The van der Waals surface area contributed by atoms with Crippen molar-refractivity contribution < 1.29 is 9.18 Å². The summed E-state index contributed by atoms with van der Waals surface area (Å²) < 4.78 is 13.3. The van der Waals surface area contributed by atoms with E-state index in [-0.39, 0.29) is 28.3 Å². The maximum atomic E-state index is 13.3. The van der Waals surface area contributed by atoms with Crippen LogP contribution in [0.1, 0.15) is 0 Å². The van der Waals surface area contributed by atoms with Crippen LogP contribution in [0.2, 0.25) is 10.0 Å². The van der Waals surface area contributed by atoms with Gasteiger partial charge < -0.3 is 5.32 Å². The predicted octanol–water partition coefficient (Wildman–Crippen LogP) is 5.93. The molecular weight excluding hydrogens is 454 g/mol. The Morgan fingerprint density at radius 1 is 1.17 bits per heavy atom. The minimum Gasteiger partial charge on any atom is -0.309 e. The molecule has 1 N–H and O–H groups in total. The van der Waals surface area contributed by atoms with Crippen LogP contribution in [-0.4, -0.2) is 26.6 Å². The molecule has 0 aliphatic carbocycles. The topological polar surface area (TPSA) is 67.8 Å². The van der Waals surface area contributed by atoms with Crippen molar-refractivity contribution in [2.45, 2.75) is 5.03 Å². The highest BCUT2D eigenvalue weighted by atomic mass is 35.5. The lowest BCUT2D eigenvalue weighted by Gasteiger charge is -2.07. The van der Waals surface area contributed by atoms with E-state index in [0.717, 1.165) is 21.3 Å². The Hall–Kier alpha value is -2.26. The SMILES string of the molecule is O=C(CSc1ncnc2scc(-c3ccc(F)cc3)c12)Nc1ncc(Cl)cc1Cl. The van der Waals surface area contributed by atoms with Crippen LogP contribution < -0.4 is 5.32 Å². The highest BCUT2D eigenvalue weighted by molar-refractivity contribution is 8.00. The normalized spacial score (nSPS) is 11.0. The second-order valence-corrected chi connectivity index (χ2v) is 8.50. The molecule has 0 saturated carbocycles. The molecule has 0 spiro atoms. The van der Waals surface area contributed by atoms with Crippen molar-refractivity contribution in [2.24, 2.45) is 0 Å². The number of hydrogen-bond donors (Lipinski definition) is 1. The van der Waals surface area contributed by atoms with Crippen molar-refractivity contribution >= 4 is 68.2 Å². The number of nitrogens with one attached hydrogen (secondary N) is 1. The fourth-order valence-corrected chi connectivity index (χ4v) is 4.83. The van der Waals surface area contributed by atoms with Gasteiger partial charge in [-0.3, -0.25) is 4.79 Å². The van der Waals surface area contributed by atoms with Crippen molar-refractivity contribution in [3.63, 3.8) is 0 Å². The van der Waals surface area contributed by atoms with E-state index in [1.807, 2.05) is 5.38 Å². The molecule has 3 aromatic heterocycles. The summed E-state index contributed by atoms with van der Waals surface area (Å²) in [4.78, 5) is 25.8. The smallest absolute Gasteiger partial charge is 0.235 e. The number of fused-ring (bicyclic) bond motifs is 1. The van der Waals surface area contributed by atoms with Crippen molar-refractivity contribution in [3.8, 4) is 11.1 Å². The van der Waals surface area contributed by atoms with Crippen molar-refractivity contribution in [3.05, 3.63) is 64.1 Å². The summed E-state index contributed by atoms with van der Waals surface area (Å²) in [5.41, 5.74) is 1.76. The summed E-state index contributed by atoms with van der Waals surface area (Å²) in [6.45, 7) is 0. The molecule has 4 rings (SSSR count). The van der Waals surface area contributed by atoms with Crippen molar-refractivity contribution in [2.75, 3.05) is 11.1 Å². The predicted molar refractivity (Wildman–Crippen MR) is 116 cm³/mol. The van der Waals surface area contributed by atoms with E-state index in [1.54, 1.807) is 12.1 Å². The van der Waals surface area contributed by atoms with Crippen LogP contribution in [0, 0.1) is 5.82 Å². The minimum absolute atomic E-state index is 0.103. The molecule has 0 aliphatic heterocycles. The molecule has 1 amide bonds. The number of rotatable bonds is 5. The Morgan fingerprint density at radius 2 is 1.97 bits per heavy atom. The molecule has 10 heteroatoms. The molecule has 1 aromatic carbocycles. The zero-order chi connectivity index (χ0) is 20.4. The molecule has 0 atom stereocenters. The third-order valence-corrected chi connectivity index (χ3v) is 6.27. The van der Waals surface area contributed by atoms with Gasteiger partial charge in [-0.1, -0.05) is 47.1 Å². The molecule has 29 heavy (non-hydrogen) atoms. The van der Waals surface area contributed by atoms with Crippen LogP contribution in [-0.2, 0) is 4.79 Å². The number of benzene rings is 1. The van der Waals surface area contributed by atoms with E-state index >= 15 is 0 Å². The number of anilines is 1. The third-order valence-electron chi connectivity index (χ3n) is 3.90. The Bertz CT molecular complexity index is 1200. The zero-order valence-corrected chi connectivity index (χ0v) is 17.7. The number of hydrogen-bond acceptors (Lipinski definition) is 6. The van der Waals surface area contributed by atoms with Gasteiger partial charge in [-0.05, 0) is 23.8 Å². The lowest BCUT2D eigenvalue weighted by atomic mass is 10.1. The van der Waals surface area contributed by atoms with Gasteiger partial charge in [-0.2, -0.15) is 0 Å². The molecule has 0 bridgehead atoms. The van der Waals surface area contributed by atoms with Gasteiger partial charge in [0.25, 0.3) is 0 Å². The molecule has 5 nitrogen and oxygen atoms in total. The molecular formula is C19H11Cl2FN4OS2. The third kappa shape index (κ3) is 4.51. The lowest BCUT2D eigenvalue weighted by Crippen LogP contribution is -2.15. The van der Waals surface area contributed by atoms with Crippen LogP contribution in [0.25, 0.3) is 21.3 Å². The van der Waals surface area contributed by atoms with E-state index in [2.05, 4.69) is 20.3 Å². The quantitative estimate of drug-likeness (QED) is 0.292. The number of amides is 1. The van der Waals surface area contributed by atoms with Crippen molar-refractivity contribution in [1.29, 1.82) is 0 Å². The molecule has 0 radical (unpaired) electrons. The fraction of sp³-hybridized carbons (Fsp3) is 0.0526. The molecule has 0 fully saturated rings. The summed E-state index contributed by atoms with van der Waals surface area (Å²) >= 11 is 14.6. The zero-order valence-electron chi connectivity index (χ0n) is 14.5. The number of nitrogens with zero attached hydrogens (tertiary/aromatic N) is 3. The van der Waals surface area contributed by atoms with Gasteiger partial charge in [0, 0.05) is 17.1 Å². The summed E-state index contributed by atoms with van der Waals surface area (Å²) in [6, 6.07) is 7.74. The highest BCUT2D eigenvalue weighted by Crippen LogP contribution is 2.37. The Morgan fingerprint density at radius 3 is 2.72 bits per heavy atom. The molecule has 0 unspecified atom stereocenters. The summed E-state index contributed by atoms with van der Waals surface area (Å²) in [6.07, 6.45) is 2.87. The van der Waals surface area contributed by atoms with E-state index in [9.17, 15) is 9.18 Å². The molecule has 0 aliphatic rings. The minimum atomic E-state index is -0.301. The first-order chi connectivity index (χ1) is 14.0. The maximum Gasteiger partial charge on any atom is 0.235 e. The van der Waals surface area contributed by atoms with Gasteiger partial charge in [0.05, 0.1) is 21.2 Å². The second-order valence-electron chi connectivity index (χ2n) is 5.84. The number of pyridine rings is 1. The molecule has 146 valence electrons. The van der Waals surface area contributed by atoms with Crippen molar-refractivity contribution in [1.82, 2.24) is 15.0 Å². The Labute approximate surface area is 183 Å². The molecule has 0 saturated heterocycles. The average molecular weight is 465 g/mol. The Kier molecular flexibility index (Phi) is 5.96. The van der Waals surface area contributed by atoms with Crippen LogP contribution >= 0.6 is 46.3 Å². The fourth-order valence-electron chi connectivity index (χ4n) is 2.61. The number of halogens is 3. The summed E-state index contributed by atoms with van der Waals surface area (Å²) in [5, 5.41) is 6.76. The van der Waals surface area contributed by atoms with E-state index in [0.29, 0.717) is 10.0 Å². The lowest BCUT2D eigenvalue weighted by molar-refractivity contribution is -0.113. The number of aromatic nitrogens is 3. The van der Waals surface area contributed by atoms with Gasteiger partial charge in [0.2, 0.25) is 5.91 Å². The molecule has 3 heterocycles. The average Bonchev–Trinajstić information content (AvgIpc) is 3.14. The number of thioether (sulfide) groups is 1. The number of thiophene rings is 1. The van der Waals surface area contributed by atoms with Crippen LogP contribution in [0.15, 0.2) is 53.3 Å². The van der Waals surface area contributed by atoms with Gasteiger partial charge in [0.1, 0.15) is 22.0 Å². The van der Waals surface area contributed by atoms with Gasteiger partial charge in [-0.15, -0.1) is 11.3 Å². The summed E-state index contributed by atoms with van der Waals surface area (Å²) in [5.74, 6) is -0.231. The van der Waals surface area contributed by atoms with Crippen LogP contribution in [0.4, 0.5) is 10.2 Å². The second kappa shape index (κ2) is 8.62. The van der Waals surface area contributed by atoms with Gasteiger partial charge in [0.15, 0.2) is 5.82 Å². The first-order valence-electron chi connectivity index (χ1n) is 8.23. The summed E-state index contributed by atoms with van der Waals surface area (Å²) in [7, 11) is 0. The van der Waals surface area contributed by atoms with Crippen LogP contribution in [0.3, 0.4) is 0 Å². The van der Waals surface area contributed by atoms with E-state index in [1.165, 1.54) is 53.8 Å². The highest BCUT2D eigenvalue weighted by Gasteiger charge is 2.15. The largest absolute Gasteiger partial charge is 0.309 e. The van der Waals surface area contributed by atoms with Gasteiger partial charge >= 0.3 is 0 Å². The van der Waals surface area contributed by atoms with Crippen LogP contribution in [0.5, 0.6) is 0 Å². The standard InChI is InChI=1S/C19H11Cl2FN4OS2/c20-11-5-14(21)17(23-6-11)26-15(27)8-29-19-16-13(7-28-18(16)24-9-25-19)10-1-3-12(22)4-2-10/h1-7,9H,8H2,(H,23,26,27). The van der Waals surface area contributed by atoms with Gasteiger partial charge in [-0.25, -0.2) is 19.3 Å². The van der Waals surface area contributed by atoms with E-state index in [4.69, 9.17) is 23.2 Å².